The van der Waals surface area contributed by atoms with Gasteiger partial charge in [-0.2, -0.15) is 4.37 Å². The molecule has 2 saturated heterocycles. The predicted molar refractivity (Wildman–Crippen MR) is 112 cm³/mol. The molecule has 2 fully saturated rings. The van der Waals surface area contributed by atoms with Crippen LogP contribution in [0.2, 0.25) is 0 Å². The number of aliphatic hydroxyl groups excluding tert-OH is 1. The van der Waals surface area contributed by atoms with Gasteiger partial charge in [-0.3, -0.25) is 4.79 Å². The van der Waals surface area contributed by atoms with Crippen molar-refractivity contribution in [3.8, 4) is 0 Å². The first kappa shape index (κ1) is 19.7. The number of carbonyl (C=O) groups excluding carboxylic acids is 2. The second-order valence-electron chi connectivity index (χ2n) is 8.60. The molecule has 2 aromatic rings. The second-order valence-corrected chi connectivity index (χ2v) is 9.41. The van der Waals surface area contributed by atoms with Crippen molar-refractivity contribution in [2.45, 2.75) is 38.9 Å². The van der Waals surface area contributed by atoms with Gasteiger partial charge in [0.25, 0.3) is 0 Å². The van der Waals surface area contributed by atoms with E-state index in [-0.39, 0.29) is 23.9 Å². The number of esters is 1. The lowest BCUT2D eigenvalue weighted by molar-refractivity contribution is -0.128. The topological polar surface area (TPSA) is 83.0 Å². The molecule has 1 aromatic carbocycles. The summed E-state index contributed by atoms with van der Waals surface area (Å²) in [5.74, 6) is -0.0600. The summed E-state index contributed by atoms with van der Waals surface area (Å²) in [6.45, 7) is 5.07. The van der Waals surface area contributed by atoms with E-state index in [1.807, 2.05) is 30.0 Å². The van der Waals surface area contributed by atoms with Gasteiger partial charge < -0.3 is 19.6 Å². The standard InChI is InChI=1S/C22H25N3O4S/c1-14-10-17-15(13-29-20(17)27)11-16(14)18(26)12-24-7-3-22(4-8-24)5-9-25(21(22)28)19-2-6-23-30-19/h2,6,10-11,18,26H,3-5,7-9,12-13H2,1H3/t18-/m1/s1. The van der Waals surface area contributed by atoms with Crippen LogP contribution in [0.4, 0.5) is 5.00 Å². The normalized spacial score (nSPS) is 21.9. The number of ether oxygens (including phenoxy) is 1. The quantitative estimate of drug-likeness (QED) is 0.756. The minimum Gasteiger partial charge on any atom is -0.457 e. The van der Waals surface area contributed by atoms with Crippen LogP contribution < -0.4 is 4.90 Å². The zero-order valence-electron chi connectivity index (χ0n) is 17.0. The molecule has 0 aliphatic carbocycles. The molecule has 4 heterocycles. The number of hydrogen-bond acceptors (Lipinski definition) is 7. The molecule has 7 nitrogen and oxygen atoms in total. The minimum atomic E-state index is -0.631. The predicted octanol–water partition coefficient (Wildman–Crippen LogP) is 2.67. The third-order valence-electron chi connectivity index (χ3n) is 6.88. The third-order valence-corrected chi connectivity index (χ3v) is 7.65. The Kier molecular flexibility index (Phi) is 4.88. The Bertz CT molecular complexity index is 983. The van der Waals surface area contributed by atoms with E-state index in [4.69, 9.17) is 4.74 Å². The second kappa shape index (κ2) is 7.44. The van der Waals surface area contributed by atoms with Crippen LogP contribution in [-0.4, -0.2) is 52.4 Å². The first-order valence-corrected chi connectivity index (χ1v) is 11.2. The number of anilines is 1. The molecular formula is C22H25N3O4S. The summed E-state index contributed by atoms with van der Waals surface area (Å²) in [6.07, 6.45) is 3.63. The van der Waals surface area contributed by atoms with Crippen molar-refractivity contribution in [3.05, 3.63) is 46.6 Å². The summed E-state index contributed by atoms with van der Waals surface area (Å²) in [7, 11) is 0. The van der Waals surface area contributed by atoms with Crippen molar-refractivity contribution >= 4 is 28.4 Å². The van der Waals surface area contributed by atoms with Crippen molar-refractivity contribution < 1.29 is 19.4 Å². The Morgan fingerprint density at radius 3 is 2.73 bits per heavy atom. The van der Waals surface area contributed by atoms with Gasteiger partial charge in [0.1, 0.15) is 11.6 Å². The van der Waals surface area contributed by atoms with Gasteiger partial charge in [-0.1, -0.05) is 0 Å². The van der Waals surface area contributed by atoms with E-state index in [1.165, 1.54) is 11.5 Å². The molecule has 3 aliphatic heterocycles. The largest absolute Gasteiger partial charge is 0.457 e. The van der Waals surface area contributed by atoms with E-state index in [9.17, 15) is 14.7 Å². The summed E-state index contributed by atoms with van der Waals surface area (Å²) < 4.78 is 9.22. The minimum absolute atomic E-state index is 0.228. The molecule has 5 rings (SSSR count). The number of aryl methyl sites for hydroxylation is 1. The van der Waals surface area contributed by atoms with Gasteiger partial charge in [-0.05, 0) is 80.1 Å². The number of rotatable bonds is 4. The molecule has 0 bridgehead atoms. The highest BCUT2D eigenvalue weighted by molar-refractivity contribution is 7.10. The number of benzene rings is 1. The lowest BCUT2D eigenvalue weighted by Gasteiger charge is -2.38. The van der Waals surface area contributed by atoms with E-state index in [0.717, 1.165) is 60.6 Å². The van der Waals surface area contributed by atoms with Crippen molar-refractivity contribution in [2.75, 3.05) is 31.1 Å². The van der Waals surface area contributed by atoms with Gasteiger partial charge in [0.05, 0.1) is 17.1 Å². The fourth-order valence-electron chi connectivity index (χ4n) is 5.01. The summed E-state index contributed by atoms with van der Waals surface area (Å²) in [5, 5.41) is 11.8. The highest BCUT2D eigenvalue weighted by Crippen LogP contribution is 2.44. The van der Waals surface area contributed by atoms with Crippen LogP contribution in [0.15, 0.2) is 24.4 Å². The number of piperidine rings is 1. The molecule has 0 unspecified atom stereocenters. The molecule has 0 saturated carbocycles. The number of fused-ring (bicyclic) bond motifs is 1. The van der Waals surface area contributed by atoms with E-state index in [1.54, 1.807) is 6.20 Å². The van der Waals surface area contributed by atoms with E-state index < -0.39 is 6.10 Å². The Morgan fingerprint density at radius 1 is 1.23 bits per heavy atom. The Morgan fingerprint density at radius 2 is 2.00 bits per heavy atom. The van der Waals surface area contributed by atoms with Crippen LogP contribution in [-0.2, 0) is 16.1 Å². The number of carbonyl (C=O) groups is 2. The van der Waals surface area contributed by atoms with Crippen LogP contribution in [0.5, 0.6) is 0 Å². The SMILES string of the molecule is Cc1cc2c(cc1[C@H](O)CN1CCC3(CC1)CCN(c1ccns1)C3=O)COC2=O. The lowest BCUT2D eigenvalue weighted by atomic mass is 9.77. The molecule has 30 heavy (non-hydrogen) atoms. The van der Waals surface area contributed by atoms with Crippen LogP contribution in [0.3, 0.4) is 0 Å². The summed E-state index contributed by atoms with van der Waals surface area (Å²) in [5.41, 5.74) is 2.93. The Hall–Kier alpha value is -2.29. The van der Waals surface area contributed by atoms with Crippen LogP contribution in [0.25, 0.3) is 0 Å². The van der Waals surface area contributed by atoms with Gasteiger partial charge in [0.2, 0.25) is 5.91 Å². The fourth-order valence-corrected chi connectivity index (χ4v) is 5.64. The van der Waals surface area contributed by atoms with Crippen LogP contribution >= 0.6 is 11.5 Å². The first-order valence-electron chi connectivity index (χ1n) is 10.4. The maximum Gasteiger partial charge on any atom is 0.338 e. The number of β-amino-alcohol motifs (C(OH)–C–C–N with tert-alkyl or cyclic N) is 1. The monoisotopic (exact) mass is 427 g/mol. The van der Waals surface area contributed by atoms with Crippen molar-refractivity contribution in [3.63, 3.8) is 0 Å². The van der Waals surface area contributed by atoms with Gasteiger partial charge in [0, 0.05) is 24.8 Å². The smallest absolute Gasteiger partial charge is 0.338 e. The Balaban J connectivity index is 1.23. The number of hydrogen-bond donors (Lipinski definition) is 1. The van der Waals surface area contributed by atoms with E-state index in [2.05, 4.69) is 9.27 Å². The maximum atomic E-state index is 13.1. The molecule has 8 heteroatoms. The van der Waals surface area contributed by atoms with Crippen molar-refractivity contribution in [1.29, 1.82) is 0 Å². The van der Waals surface area contributed by atoms with E-state index in [0.29, 0.717) is 12.1 Å². The number of amides is 1. The van der Waals surface area contributed by atoms with Gasteiger partial charge >= 0.3 is 5.97 Å². The first-order chi connectivity index (χ1) is 14.5. The number of cyclic esters (lactones) is 1. The molecule has 3 aliphatic rings. The average molecular weight is 428 g/mol. The number of aliphatic hydroxyl groups is 1. The third kappa shape index (κ3) is 3.23. The molecule has 1 spiro atoms. The van der Waals surface area contributed by atoms with E-state index >= 15 is 0 Å². The molecule has 158 valence electrons. The average Bonchev–Trinajstić information content (AvgIpc) is 3.45. The van der Waals surface area contributed by atoms with Gasteiger partial charge in [-0.15, -0.1) is 0 Å². The molecule has 1 atom stereocenters. The molecule has 1 aromatic heterocycles. The van der Waals surface area contributed by atoms with Gasteiger partial charge in [-0.25, -0.2) is 4.79 Å². The summed E-state index contributed by atoms with van der Waals surface area (Å²) in [6, 6.07) is 5.63. The number of likely N-dealkylation sites (tertiary alicyclic amines) is 1. The maximum absolute atomic E-state index is 13.1. The lowest BCUT2D eigenvalue weighted by Crippen LogP contribution is -2.45. The highest BCUT2D eigenvalue weighted by atomic mass is 32.1. The van der Waals surface area contributed by atoms with Crippen molar-refractivity contribution in [1.82, 2.24) is 9.27 Å². The highest BCUT2D eigenvalue weighted by Gasteiger charge is 2.48. The fraction of sp³-hybridized carbons (Fsp3) is 0.500. The molecule has 1 amide bonds. The van der Waals surface area contributed by atoms with Gasteiger partial charge in [0.15, 0.2) is 0 Å². The Labute approximate surface area is 179 Å². The molecule has 0 radical (unpaired) electrons. The number of aromatic nitrogens is 1. The zero-order chi connectivity index (χ0) is 20.9. The van der Waals surface area contributed by atoms with Crippen molar-refractivity contribution in [2.24, 2.45) is 5.41 Å². The summed E-state index contributed by atoms with van der Waals surface area (Å²) >= 11 is 1.37. The van der Waals surface area contributed by atoms with Crippen LogP contribution in [0, 0.1) is 12.3 Å². The molecular weight excluding hydrogens is 402 g/mol. The molecule has 1 N–H and O–H groups in total. The zero-order valence-corrected chi connectivity index (χ0v) is 17.8. The summed E-state index contributed by atoms with van der Waals surface area (Å²) in [4.78, 5) is 29.0. The van der Waals surface area contributed by atoms with Crippen LogP contribution in [0.1, 0.15) is 52.4 Å². The number of nitrogens with zero attached hydrogens (tertiary/aromatic N) is 3.